The quantitative estimate of drug-likeness (QED) is 0.222. The van der Waals surface area contributed by atoms with Gasteiger partial charge in [-0.25, -0.2) is 14.6 Å². The van der Waals surface area contributed by atoms with Crippen molar-refractivity contribution in [2.24, 2.45) is 0 Å². The van der Waals surface area contributed by atoms with Gasteiger partial charge in [-0.05, 0) is 37.4 Å². The average Bonchev–Trinajstić information content (AvgIpc) is 3.08. The van der Waals surface area contributed by atoms with E-state index in [1.54, 1.807) is 12.1 Å². The zero-order valence-corrected chi connectivity index (χ0v) is 19.4. The summed E-state index contributed by atoms with van der Waals surface area (Å²) in [4.78, 5) is 45.6. The van der Waals surface area contributed by atoms with Gasteiger partial charge in [0.2, 0.25) is 0 Å². The summed E-state index contributed by atoms with van der Waals surface area (Å²) in [6, 6.07) is 19.3. The van der Waals surface area contributed by atoms with Crippen LogP contribution in [-0.4, -0.2) is 40.9 Å². The van der Waals surface area contributed by atoms with E-state index in [1.807, 2.05) is 62.4 Å². The average molecular weight is 469 g/mol. The highest BCUT2D eigenvalue weighted by atomic mass is 16.5. The van der Waals surface area contributed by atoms with Crippen molar-refractivity contribution in [3.05, 3.63) is 72.4 Å². The highest BCUT2D eigenvalue weighted by molar-refractivity contribution is 6.52. The van der Waals surface area contributed by atoms with Gasteiger partial charge >= 0.3 is 17.8 Å². The number of anilines is 1. The molecule has 2 heterocycles. The van der Waals surface area contributed by atoms with Gasteiger partial charge in [-0.15, -0.1) is 0 Å². The van der Waals surface area contributed by atoms with Crippen molar-refractivity contribution in [2.45, 2.75) is 20.4 Å². The first-order valence-electron chi connectivity index (χ1n) is 11.4. The van der Waals surface area contributed by atoms with Gasteiger partial charge in [-0.2, -0.15) is 0 Å². The summed E-state index contributed by atoms with van der Waals surface area (Å²) in [6.45, 7) is 4.34. The van der Waals surface area contributed by atoms with Gasteiger partial charge in [0.1, 0.15) is 0 Å². The van der Waals surface area contributed by atoms with Crippen molar-refractivity contribution in [3.8, 4) is 11.5 Å². The first-order valence-corrected chi connectivity index (χ1v) is 11.4. The third-order valence-corrected chi connectivity index (χ3v) is 5.83. The molecule has 8 heteroatoms. The van der Waals surface area contributed by atoms with Crippen molar-refractivity contribution >= 4 is 45.2 Å². The maximum Gasteiger partial charge on any atom is 0.339 e. The lowest BCUT2D eigenvalue weighted by Gasteiger charge is -2.18. The van der Waals surface area contributed by atoms with Crippen LogP contribution in [0.4, 0.5) is 10.5 Å². The standard InChI is InChI=1S/C27H23N3O5/c1-3-34-23-14-13-17(15-24(23)35-4-2)30-26(32)25(31)29(27(30)33)16-22-20-11-6-5-9-18(20)19-10-7-8-12-21(19)28-22/h5-15H,3-4,16H2,1-2H3. The fraction of sp³-hybridized carbons (Fsp3) is 0.185. The second-order valence-corrected chi connectivity index (χ2v) is 7.93. The topological polar surface area (TPSA) is 89.0 Å². The Morgan fingerprint density at radius 1 is 0.743 bits per heavy atom. The van der Waals surface area contributed by atoms with Crippen molar-refractivity contribution in [2.75, 3.05) is 18.1 Å². The largest absolute Gasteiger partial charge is 0.490 e. The Kier molecular flexibility index (Phi) is 5.78. The number of nitrogens with zero attached hydrogens (tertiary/aromatic N) is 3. The maximum absolute atomic E-state index is 13.3. The van der Waals surface area contributed by atoms with E-state index in [1.165, 1.54) is 6.07 Å². The zero-order valence-electron chi connectivity index (χ0n) is 19.4. The molecule has 0 bridgehead atoms. The van der Waals surface area contributed by atoms with Gasteiger partial charge in [0.25, 0.3) is 0 Å². The monoisotopic (exact) mass is 469 g/mol. The highest BCUT2D eigenvalue weighted by Gasteiger charge is 2.46. The van der Waals surface area contributed by atoms with Gasteiger partial charge in [0, 0.05) is 16.8 Å². The van der Waals surface area contributed by atoms with E-state index in [0.717, 1.165) is 31.5 Å². The minimum atomic E-state index is -0.924. The molecule has 0 N–H and O–H groups in total. The van der Waals surface area contributed by atoms with Gasteiger partial charge in [0.15, 0.2) is 11.5 Å². The second kappa shape index (κ2) is 9.06. The molecule has 4 aromatic rings. The summed E-state index contributed by atoms with van der Waals surface area (Å²) in [5.74, 6) is -0.944. The van der Waals surface area contributed by atoms with Crippen LogP contribution in [-0.2, 0) is 16.1 Å². The molecule has 0 spiro atoms. The number of aromatic nitrogens is 1. The minimum absolute atomic E-state index is 0.124. The van der Waals surface area contributed by atoms with Crippen molar-refractivity contribution < 1.29 is 23.9 Å². The van der Waals surface area contributed by atoms with E-state index in [0.29, 0.717) is 30.4 Å². The van der Waals surface area contributed by atoms with Gasteiger partial charge in [0.05, 0.1) is 36.7 Å². The molecule has 3 aromatic carbocycles. The summed E-state index contributed by atoms with van der Waals surface area (Å²) in [5, 5.41) is 2.75. The molecule has 1 aliphatic rings. The molecule has 1 aliphatic heterocycles. The molecular weight excluding hydrogens is 446 g/mol. The van der Waals surface area contributed by atoms with Crippen LogP contribution in [0.25, 0.3) is 21.7 Å². The van der Waals surface area contributed by atoms with Gasteiger partial charge in [-0.1, -0.05) is 42.5 Å². The smallest absolute Gasteiger partial charge is 0.339 e. The molecular formula is C27H23N3O5. The number of amides is 4. The normalized spacial score (nSPS) is 13.8. The lowest BCUT2D eigenvalue weighted by atomic mass is 10.0. The van der Waals surface area contributed by atoms with Crippen LogP contribution in [0.3, 0.4) is 0 Å². The van der Waals surface area contributed by atoms with E-state index in [2.05, 4.69) is 0 Å². The Morgan fingerprint density at radius 2 is 1.40 bits per heavy atom. The molecule has 0 unspecified atom stereocenters. The predicted molar refractivity (Wildman–Crippen MR) is 131 cm³/mol. The molecule has 35 heavy (non-hydrogen) atoms. The van der Waals surface area contributed by atoms with E-state index in [4.69, 9.17) is 14.5 Å². The number of pyridine rings is 1. The number of ether oxygens (including phenoxy) is 2. The number of fused-ring (bicyclic) bond motifs is 3. The van der Waals surface area contributed by atoms with Crippen LogP contribution >= 0.6 is 0 Å². The minimum Gasteiger partial charge on any atom is -0.490 e. The van der Waals surface area contributed by atoms with E-state index in [9.17, 15) is 14.4 Å². The molecule has 0 saturated carbocycles. The van der Waals surface area contributed by atoms with Crippen LogP contribution in [0.15, 0.2) is 66.7 Å². The number of carbonyl (C=O) groups is 3. The molecule has 176 valence electrons. The van der Waals surface area contributed by atoms with Crippen molar-refractivity contribution in [1.29, 1.82) is 0 Å². The number of hydrogen-bond acceptors (Lipinski definition) is 6. The Balaban J connectivity index is 1.52. The number of urea groups is 1. The summed E-state index contributed by atoms with van der Waals surface area (Å²) in [5.41, 5.74) is 1.52. The summed E-state index contributed by atoms with van der Waals surface area (Å²) >= 11 is 0. The molecule has 1 aromatic heterocycles. The van der Waals surface area contributed by atoms with E-state index < -0.39 is 17.8 Å². The molecule has 8 nitrogen and oxygen atoms in total. The predicted octanol–water partition coefficient (Wildman–Crippen LogP) is 4.68. The number of carbonyl (C=O) groups excluding carboxylic acids is 3. The van der Waals surface area contributed by atoms with E-state index >= 15 is 0 Å². The molecule has 1 fully saturated rings. The van der Waals surface area contributed by atoms with Crippen LogP contribution in [0.2, 0.25) is 0 Å². The third-order valence-electron chi connectivity index (χ3n) is 5.83. The fourth-order valence-electron chi connectivity index (χ4n) is 4.30. The molecule has 5 rings (SSSR count). The van der Waals surface area contributed by atoms with Crippen LogP contribution < -0.4 is 14.4 Å². The van der Waals surface area contributed by atoms with Gasteiger partial charge < -0.3 is 9.47 Å². The summed E-state index contributed by atoms with van der Waals surface area (Å²) in [7, 11) is 0. The lowest BCUT2D eigenvalue weighted by molar-refractivity contribution is -0.139. The summed E-state index contributed by atoms with van der Waals surface area (Å²) in [6.07, 6.45) is 0. The Bertz CT molecular complexity index is 1480. The van der Waals surface area contributed by atoms with Crippen LogP contribution in [0.1, 0.15) is 19.5 Å². The maximum atomic E-state index is 13.3. The lowest BCUT2D eigenvalue weighted by Crippen LogP contribution is -2.33. The number of benzene rings is 3. The first-order chi connectivity index (χ1) is 17.0. The Hall–Kier alpha value is -4.46. The zero-order chi connectivity index (χ0) is 24.5. The summed E-state index contributed by atoms with van der Waals surface area (Å²) < 4.78 is 11.2. The van der Waals surface area contributed by atoms with E-state index in [-0.39, 0.29) is 12.2 Å². The number of para-hydroxylation sites is 1. The number of rotatable bonds is 7. The molecule has 0 atom stereocenters. The number of imide groups is 2. The van der Waals surface area contributed by atoms with Crippen molar-refractivity contribution in [1.82, 2.24) is 9.88 Å². The Labute approximate surface area is 201 Å². The Morgan fingerprint density at radius 3 is 2.14 bits per heavy atom. The van der Waals surface area contributed by atoms with Crippen LogP contribution in [0, 0.1) is 0 Å². The van der Waals surface area contributed by atoms with Gasteiger partial charge in [-0.3, -0.25) is 14.6 Å². The third kappa shape index (κ3) is 3.82. The van der Waals surface area contributed by atoms with Crippen molar-refractivity contribution in [3.63, 3.8) is 0 Å². The second-order valence-electron chi connectivity index (χ2n) is 7.93. The molecule has 4 amide bonds. The molecule has 1 saturated heterocycles. The van der Waals surface area contributed by atoms with Crippen LogP contribution in [0.5, 0.6) is 11.5 Å². The molecule has 0 radical (unpaired) electrons. The SMILES string of the molecule is CCOc1ccc(N2C(=O)C(=O)N(Cc3nc4ccccc4c4ccccc34)C2=O)cc1OCC. The number of hydrogen-bond donors (Lipinski definition) is 0. The molecule has 0 aliphatic carbocycles. The first kappa shape index (κ1) is 22.3. The highest BCUT2D eigenvalue weighted by Crippen LogP contribution is 2.35. The fourth-order valence-corrected chi connectivity index (χ4v) is 4.30.